The normalized spacial score (nSPS) is 12.9. The molecule has 124 valence electrons. The maximum atomic E-state index is 12.2. The number of nitrogens with zero attached hydrogens (tertiary/aromatic N) is 3. The van der Waals surface area contributed by atoms with Crippen molar-refractivity contribution in [3.8, 4) is 5.69 Å². The first-order valence-corrected chi connectivity index (χ1v) is 7.72. The first-order chi connectivity index (χ1) is 10.8. The molecule has 0 spiro atoms. The van der Waals surface area contributed by atoms with Crippen LogP contribution in [0.3, 0.4) is 0 Å². The molecule has 0 aliphatic rings. The number of hydrogen-bond acceptors (Lipinski definition) is 4. The van der Waals surface area contributed by atoms with E-state index in [0.29, 0.717) is 13.0 Å². The summed E-state index contributed by atoms with van der Waals surface area (Å²) in [5.74, 6) is -0.262. The number of nitrogens with one attached hydrogen (secondary N) is 1. The second-order valence-electron chi connectivity index (χ2n) is 6.78. The predicted molar refractivity (Wildman–Crippen MR) is 88.5 cm³/mol. The van der Waals surface area contributed by atoms with E-state index in [1.807, 2.05) is 45.0 Å². The average Bonchev–Trinajstić information content (AvgIpc) is 2.94. The minimum Gasteiger partial charge on any atom is -0.393 e. The van der Waals surface area contributed by atoms with Crippen LogP contribution in [-0.4, -0.2) is 38.7 Å². The number of amides is 1. The third kappa shape index (κ3) is 4.89. The Morgan fingerprint density at radius 2 is 2.00 bits per heavy atom. The van der Waals surface area contributed by atoms with Crippen LogP contribution in [-0.2, 0) is 0 Å². The van der Waals surface area contributed by atoms with Crippen LogP contribution < -0.4 is 5.32 Å². The van der Waals surface area contributed by atoms with E-state index in [1.54, 1.807) is 17.8 Å². The summed E-state index contributed by atoms with van der Waals surface area (Å²) in [4.78, 5) is 12.2. The highest BCUT2D eigenvalue weighted by Gasteiger charge is 2.22. The van der Waals surface area contributed by atoms with Crippen LogP contribution in [0.2, 0.25) is 0 Å². The highest BCUT2D eigenvalue weighted by molar-refractivity contribution is 5.91. The molecule has 0 aliphatic carbocycles. The molecule has 1 unspecified atom stereocenters. The van der Waals surface area contributed by atoms with Crippen molar-refractivity contribution in [2.75, 3.05) is 6.54 Å². The average molecular weight is 316 g/mol. The number of carbonyl (C=O) groups is 1. The molecule has 6 nitrogen and oxygen atoms in total. The van der Waals surface area contributed by atoms with Gasteiger partial charge >= 0.3 is 0 Å². The topological polar surface area (TPSA) is 80.0 Å². The summed E-state index contributed by atoms with van der Waals surface area (Å²) in [5, 5.41) is 20.3. The quantitative estimate of drug-likeness (QED) is 0.855. The van der Waals surface area contributed by atoms with E-state index in [-0.39, 0.29) is 17.0 Å². The lowest BCUT2D eigenvalue weighted by molar-refractivity contribution is 0.0897. The van der Waals surface area contributed by atoms with Crippen molar-refractivity contribution in [1.82, 2.24) is 20.3 Å². The number of benzene rings is 1. The number of aryl methyl sites for hydroxylation is 1. The van der Waals surface area contributed by atoms with Gasteiger partial charge in [-0.15, -0.1) is 5.10 Å². The van der Waals surface area contributed by atoms with Gasteiger partial charge in [0.15, 0.2) is 5.69 Å². The van der Waals surface area contributed by atoms with Crippen LogP contribution in [0.4, 0.5) is 0 Å². The number of hydrogen-bond donors (Lipinski definition) is 2. The van der Waals surface area contributed by atoms with Crippen molar-refractivity contribution < 1.29 is 9.90 Å². The molecule has 1 amide bonds. The first-order valence-electron chi connectivity index (χ1n) is 7.72. The van der Waals surface area contributed by atoms with Crippen LogP contribution in [0.1, 0.15) is 43.2 Å². The van der Waals surface area contributed by atoms with Crippen molar-refractivity contribution >= 4 is 5.91 Å². The highest BCUT2D eigenvalue weighted by Crippen LogP contribution is 2.21. The van der Waals surface area contributed by atoms with Crippen molar-refractivity contribution in [3.63, 3.8) is 0 Å². The van der Waals surface area contributed by atoms with E-state index in [1.165, 1.54) is 0 Å². The van der Waals surface area contributed by atoms with Gasteiger partial charge in [-0.3, -0.25) is 4.79 Å². The zero-order valence-corrected chi connectivity index (χ0v) is 14.1. The Hall–Kier alpha value is -2.21. The molecule has 1 aromatic heterocycles. The summed E-state index contributed by atoms with van der Waals surface area (Å²) in [6, 6.07) is 7.82. The Balaban J connectivity index is 2.00. The molecular formula is C17H24N4O2. The van der Waals surface area contributed by atoms with E-state index < -0.39 is 6.10 Å². The van der Waals surface area contributed by atoms with Crippen molar-refractivity contribution in [2.24, 2.45) is 5.41 Å². The first kappa shape index (κ1) is 17.1. The van der Waals surface area contributed by atoms with Gasteiger partial charge in [-0.2, -0.15) is 0 Å². The highest BCUT2D eigenvalue weighted by atomic mass is 16.3. The van der Waals surface area contributed by atoms with E-state index in [0.717, 1.165) is 11.3 Å². The molecule has 1 heterocycles. The molecule has 6 heteroatoms. The minimum absolute atomic E-state index is 0.184. The van der Waals surface area contributed by atoms with E-state index in [9.17, 15) is 9.90 Å². The summed E-state index contributed by atoms with van der Waals surface area (Å²) in [6.07, 6.45) is 1.83. The Morgan fingerprint density at radius 1 is 1.35 bits per heavy atom. The SMILES string of the molecule is Cc1ccc(-n2cc(C(=O)NCC(C)(C)CC(C)O)nn2)cc1. The Bertz CT molecular complexity index is 659. The summed E-state index contributed by atoms with van der Waals surface area (Å²) in [5.41, 5.74) is 2.11. The molecule has 0 bridgehead atoms. The van der Waals surface area contributed by atoms with Gasteiger partial charge in [-0.1, -0.05) is 36.8 Å². The van der Waals surface area contributed by atoms with Gasteiger partial charge < -0.3 is 10.4 Å². The third-order valence-corrected chi connectivity index (χ3v) is 3.60. The van der Waals surface area contributed by atoms with Crippen LogP contribution in [0, 0.1) is 12.3 Å². The smallest absolute Gasteiger partial charge is 0.273 e. The number of carbonyl (C=O) groups excluding carboxylic acids is 1. The Labute approximate surface area is 136 Å². The maximum Gasteiger partial charge on any atom is 0.273 e. The largest absolute Gasteiger partial charge is 0.393 e. The van der Waals surface area contributed by atoms with Crippen molar-refractivity contribution in [2.45, 2.75) is 40.2 Å². The van der Waals surface area contributed by atoms with Crippen LogP contribution in [0.15, 0.2) is 30.5 Å². The van der Waals surface area contributed by atoms with Gasteiger partial charge in [0.25, 0.3) is 5.91 Å². The van der Waals surface area contributed by atoms with E-state index in [2.05, 4.69) is 15.6 Å². The van der Waals surface area contributed by atoms with Gasteiger partial charge in [0, 0.05) is 6.54 Å². The van der Waals surface area contributed by atoms with Crippen molar-refractivity contribution in [1.29, 1.82) is 0 Å². The fraction of sp³-hybridized carbons (Fsp3) is 0.471. The fourth-order valence-corrected chi connectivity index (χ4v) is 2.47. The van der Waals surface area contributed by atoms with Gasteiger partial charge in [0.2, 0.25) is 0 Å². The molecule has 1 aromatic carbocycles. The summed E-state index contributed by atoms with van der Waals surface area (Å²) in [7, 11) is 0. The van der Waals surface area contributed by atoms with Crippen LogP contribution in [0.5, 0.6) is 0 Å². The van der Waals surface area contributed by atoms with Crippen LogP contribution >= 0.6 is 0 Å². The lowest BCUT2D eigenvalue weighted by Crippen LogP contribution is -2.35. The monoisotopic (exact) mass is 316 g/mol. The molecule has 2 aromatic rings. The number of aliphatic hydroxyl groups is 1. The van der Waals surface area contributed by atoms with Gasteiger partial charge in [-0.05, 0) is 37.8 Å². The number of rotatable bonds is 6. The Morgan fingerprint density at radius 3 is 2.61 bits per heavy atom. The standard InChI is InChI=1S/C17H24N4O2/c1-12-5-7-14(8-6-12)21-10-15(19-20-21)16(23)18-11-17(3,4)9-13(2)22/h5-8,10,13,22H,9,11H2,1-4H3,(H,18,23). The zero-order chi connectivity index (χ0) is 17.0. The van der Waals surface area contributed by atoms with Crippen molar-refractivity contribution in [3.05, 3.63) is 41.7 Å². The minimum atomic E-state index is -0.399. The molecule has 0 saturated carbocycles. The molecule has 2 rings (SSSR count). The second kappa shape index (κ2) is 6.91. The molecule has 0 radical (unpaired) electrons. The molecule has 23 heavy (non-hydrogen) atoms. The number of aliphatic hydroxyl groups excluding tert-OH is 1. The Kier molecular flexibility index (Phi) is 5.15. The van der Waals surface area contributed by atoms with Gasteiger partial charge in [-0.25, -0.2) is 4.68 Å². The van der Waals surface area contributed by atoms with E-state index in [4.69, 9.17) is 0 Å². The molecule has 0 saturated heterocycles. The predicted octanol–water partition coefficient (Wildman–Crippen LogP) is 2.10. The third-order valence-electron chi connectivity index (χ3n) is 3.60. The molecular weight excluding hydrogens is 292 g/mol. The fourth-order valence-electron chi connectivity index (χ4n) is 2.47. The molecule has 2 N–H and O–H groups in total. The maximum absolute atomic E-state index is 12.2. The lowest BCUT2D eigenvalue weighted by atomic mass is 9.87. The second-order valence-corrected chi connectivity index (χ2v) is 6.78. The molecule has 0 aliphatic heterocycles. The van der Waals surface area contributed by atoms with Gasteiger partial charge in [0.1, 0.15) is 0 Å². The summed E-state index contributed by atoms with van der Waals surface area (Å²) >= 11 is 0. The zero-order valence-electron chi connectivity index (χ0n) is 14.1. The van der Waals surface area contributed by atoms with Gasteiger partial charge in [0.05, 0.1) is 18.0 Å². The molecule has 0 fully saturated rings. The van der Waals surface area contributed by atoms with Crippen LogP contribution in [0.25, 0.3) is 5.69 Å². The summed E-state index contributed by atoms with van der Waals surface area (Å²) in [6.45, 7) is 8.23. The number of aromatic nitrogens is 3. The lowest BCUT2D eigenvalue weighted by Gasteiger charge is -2.26. The van der Waals surface area contributed by atoms with E-state index >= 15 is 0 Å². The molecule has 1 atom stereocenters. The summed E-state index contributed by atoms with van der Waals surface area (Å²) < 4.78 is 1.58.